The summed E-state index contributed by atoms with van der Waals surface area (Å²) in [6.45, 7) is 9.76. The molecule has 1 aliphatic heterocycles. The van der Waals surface area contributed by atoms with Crippen LogP contribution < -0.4 is 10.6 Å². The van der Waals surface area contributed by atoms with Crippen LogP contribution in [0.4, 0.5) is 0 Å². The fourth-order valence-corrected chi connectivity index (χ4v) is 3.12. The fourth-order valence-electron chi connectivity index (χ4n) is 2.41. The van der Waals surface area contributed by atoms with Crippen LogP contribution in [0.25, 0.3) is 0 Å². The van der Waals surface area contributed by atoms with E-state index >= 15 is 0 Å². The molecule has 132 valence electrons. The summed E-state index contributed by atoms with van der Waals surface area (Å²) in [4.78, 5) is 8.52. The molecule has 0 aromatic carbocycles. The Morgan fingerprint density at radius 3 is 2.87 bits per heavy atom. The van der Waals surface area contributed by atoms with Crippen LogP contribution in [0, 0.1) is 0 Å². The van der Waals surface area contributed by atoms with Crippen LogP contribution in [0.15, 0.2) is 22.5 Å². The van der Waals surface area contributed by atoms with Crippen LogP contribution in [-0.4, -0.2) is 63.3 Å². The molecule has 1 aromatic rings. The summed E-state index contributed by atoms with van der Waals surface area (Å²) in [6.07, 6.45) is 2.15. The van der Waals surface area contributed by atoms with Crippen LogP contribution in [0.1, 0.15) is 18.2 Å². The lowest BCUT2D eigenvalue weighted by molar-refractivity contribution is 0.0377. The van der Waals surface area contributed by atoms with Crippen molar-refractivity contribution in [2.24, 2.45) is 4.99 Å². The Hall–Kier alpha value is -0.380. The van der Waals surface area contributed by atoms with Gasteiger partial charge in [-0.1, -0.05) is 6.07 Å². The Morgan fingerprint density at radius 2 is 2.17 bits per heavy atom. The van der Waals surface area contributed by atoms with Gasteiger partial charge in [-0.2, -0.15) is 0 Å². The summed E-state index contributed by atoms with van der Waals surface area (Å²) in [5, 5.41) is 8.84. The highest BCUT2D eigenvalue weighted by Crippen LogP contribution is 2.07. The standard InChI is InChI=1S/C16H28N4OS.HI/c1-2-17-16(19-8-6-15-5-3-14-22-15)18-7-4-9-20-10-12-21-13-11-20;/h3,5,14H,2,4,6-13H2,1H3,(H2,17,18,19);1H. The van der Waals surface area contributed by atoms with Crippen LogP contribution >= 0.6 is 35.3 Å². The molecule has 2 heterocycles. The van der Waals surface area contributed by atoms with Crippen molar-refractivity contribution in [1.82, 2.24) is 15.5 Å². The number of hydrogen-bond donors (Lipinski definition) is 2. The highest BCUT2D eigenvalue weighted by atomic mass is 127. The van der Waals surface area contributed by atoms with Crippen molar-refractivity contribution in [3.63, 3.8) is 0 Å². The first kappa shape index (κ1) is 20.7. The van der Waals surface area contributed by atoms with E-state index in [1.807, 2.05) is 11.3 Å². The number of guanidine groups is 1. The van der Waals surface area contributed by atoms with Gasteiger partial charge in [0.05, 0.1) is 13.2 Å². The van der Waals surface area contributed by atoms with Gasteiger partial charge in [-0.3, -0.25) is 9.89 Å². The van der Waals surface area contributed by atoms with E-state index in [4.69, 9.17) is 4.74 Å². The van der Waals surface area contributed by atoms with Crippen LogP contribution in [-0.2, 0) is 11.2 Å². The molecular weight excluding hydrogens is 423 g/mol. The molecule has 0 unspecified atom stereocenters. The number of halogens is 1. The molecule has 0 radical (unpaired) electrons. The number of ether oxygens (including phenoxy) is 1. The molecule has 0 spiro atoms. The van der Waals surface area contributed by atoms with Gasteiger partial charge in [0.15, 0.2) is 5.96 Å². The van der Waals surface area contributed by atoms with Gasteiger partial charge in [-0.15, -0.1) is 35.3 Å². The molecule has 23 heavy (non-hydrogen) atoms. The molecular formula is C16H29IN4OS. The summed E-state index contributed by atoms with van der Waals surface area (Å²) in [5.41, 5.74) is 0. The van der Waals surface area contributed by atoms with E-state index < -0.39 is 0 Å². The summed E-state index contributed by atoms with van der Waals surface area (Å²) in [5.74, 6) is 0.932. The largest absolute Gasteiger partial charge is 0.379 e. The molecule has 1 aromatic heterocycles. The Bertz CT molecular complexity index is 422. The lowest BCUT2D eigenvalue weighted by Gasteiger charge is -2.26. The predicted molar refractivity (Wildman–Crippen MR) is 109 cm³/mol. The van der Waals surface area contributed by atoms with Crippen molar-refractivity contribution < 1.29 is 4.74 Å². The van der Waals surface area contributed by atoms with Crippen molar-refractivity contribution >= 4 is 41.3 Å². The number of rotatable bonds is 8. The van der Waals surface area contributed by atoms with Gasteiger partial charge in [0.2, 0.25) is 0 Å². The molecule has 1 saturated heterocycles. The zero-order valence-electron chi connectivity index (χ0n) is 13.9. The molecule has 5 nitrogen and oxygen atoms in total. The molecule has 1 aliphatic rings. The SMILES string of the molecule is CCNC(=NCCCN1CCOCC1)NCCc1cccs1.I. The number of morpholine rings is 1. The highest BCUT2D eigenvalue weighted by Gasteiger charge is 2.08. The maximum absolute atomic E-state index is 5.36. The van der Waals surface area contributed by atoms with Crippen molar-refractivity contribution in [3.05, 3.63) is 22.4 Å². The zero-order valence-corrected chi connectivity index (χ0v) is 17.1. The van der Waals surface area contributed by atoms with Gasteiger partial charge >= 0.3 is 0 Å². The quantitative estimate of drug-likeness (QED) is 0.275. The average molecular weight is 452 g/mol. The topological polar surface area (TPSA) is 48.9 Å². The molecule has 1 fully saturated rings. The Labute approximate surface area is 160 Å². The van der Waals surface area contributed by atoms with E-state index in [2.05, 4.69) is 45.0 Å². The van der Waals surface area contributed by atoms with Gasteiger partial charge in [0.1, 0.15) is 0 Å². The Kier molecular flexibility index (Phi) is 11.7. The van der Waals surface area contributed by atoms with Crippen molar-refractivity contribution in [3.8, 4) is 0 Å². The van der Waals surface area contributed by atoms with Crippen LogP contribution in [0.5, 0.6) is 0 Å². The number of aliphatic imine (C=N–C) groups is 1. The highest BCUT2D eigenvalue weighted by molar-refractivity contribution is 14.0. The Morgan fingerprint density at radius 1 is 1.35 bits per heavy atom. The normalized spacial score (nSPS) is 16.0. The van der Waals surface area contributed by atoms with Crippen molar-refractivity contribution in [2.75, 3.05) is 52.5 Å². The van der Waals surface area contributed by atoms with Gasteiger partial charge in [0, 0.05) is 44.1 Å². The van der Waals surface area contributed by atoms with E-state index in [1.54, 1.807) is 0 Å². The maximum Gasteiger partial charge on any atom is 0.191 e. The lowest BCUT2D eigenvalue weighted by atomic mass is 10.3. The van der Waals surface area contributed by atoms with E-state index in [9.17, 15) is 0 Å². The van der Waals surface area contributed by atoms with E-state index in [0.717, 1.165) is 71.3 Å². The summed E-state index contributed by atoms with van der Waals surface area (Å²) in [7, 11) is 0. The third-order valence-electron chi connectivity index (χ3n) is 3.59. The minimum Gasteiger partial charge on any atom is -0.379 e. The minimum absolute atomic E-state index is 0. The second-order valence-corrected chi connectivity index (χ2v) is 6.36. The Balaban J connectivity index is 0.00000264. The van der Waals surface area contributed by atoms with E-state index in [-0.39, 0.29) is 24.0 Å². The van der Waals surface area contributed by atoms with Gasteiger partial charge in [-0.25, -0.2) is 0 Å². The molecule has 0 aliphatic carbocycles. The first-order chi connectivity index (χ1) is 10.9. The zero-order chi connectivity index (χ0) is 15.5. The maximum atomic E-state index is 5.36. The average Bonchev–Trinajstić information content (AvgIpc) is 3.06. The van der Waals surface area contributed by atoms with E-state index in [1.165, 1.54) is 4.88 Å². The molecule has 0 atom stereocenters. The van der Waals surface area contributed by atoms with E-state index in [0.29, 0.717) is 0 Å². The third-order valence-corrected chi connectivity index (χ3v) is 4.53. The summed E-state index contributed by atoms with van der Waals surface area (Å²) < 4.78 is 5.36. The molecule has 0 saturated carbocycles. The molecule has 0 amide bonds. The number of thiophene rings is 1. The van der Waals surface area contributed by atoms with Crippen molar-refractivity contribution in [2.45, 2.75) is 19.8 Å². The van der Waals surface area contributed by atoms with Crippen LogP contribution in [0.2, 0.25) is 0 Å². The summed E-state index contributed by atoms with van der Waals surface area (Å²) in [6, 6.07) is 4.28. The molecule has 2 rings (SSSR count). The number of hydrogen-bond acceptors (Lipinski definition) is 4. The first-order valence-electron chi connectivity index (χ1n) is 8.23. The van der Waals surface area contributed by atoms with Gasteiger partial charge in [0.25, 0.3) is 0 Å². The second-order valence-electron chi connectivity index (χ2n) is 5.32. The van der Waals surface area contributed by atoms with Gasteiger partial charge in [-0.05, 0) is 31.2 Å². The molecule has 0 bridgehead atoms. The second kappa shape index (κ2) is 13.0. The lowest BCUT2D eigenvalue weighted by Crippen LogP contribution is -2.39. The fraction of sp³-hybridized carbons (Fsp3) is 0.688. The molecule has 7 heteroatoms. The van der Waals surface area contributed by atoms with Crippen molar-refractivity contribution in [1.29, 1.82) is 0 Å². The first-order valence-corrected chi connectivity index (χ1v) is 9.11. The summed E-state index contributed by atoms with van der Waals surface area (Å²) >= 11 is 1.81. The monoisotopic (exact) mass is 452 g/mol. The number of nitrogens with zero attached hydrogens (tertiary/aromatic N) is 2. The molecule has 2 N–H and O–H groups in total. The smallest absolute Gasteiger partial charge is 0.191 e. The van der Waals surface area contributed by atoms with Crippen LogP contribution in [0.3, 0.4) is 0 Å². The number of nitrogens with one attached hydrogen (secondary N) is 2. The third kappa shape index (κ3) is 8.88. The predicted octanol–water partition coefficient (Wildman–Crippen LogP) is 2.19. The van der Waals surface area contributed by atoms with Gasteiger partial charge < -0.3 is 15.4 Å². The minimum atomic E-state index is 0.